The molecule has 0 bridgehead atoms. The maximum atomic E-state index is 11.9. The summed E-state index contributed by atoms with van der Waals surface area (Å²) in [5, 5.41) is 0. The Morgan fingerprint density at radius 3 is 2.20 bits per heavy atom. The van der Waals surface area contributed by atoms with Gasteiger partial charge in [0.2, 0.25) is 0 Å². The summed E-state index contributed by atoms with van der Waals surface area (Å²) in [6, 6.07) is 14.6. The lowest BCUT2D eigenvalue weighted by Crippen LogP contribution is -2.10. The van der Waals surface area contributed by atoms with Crippen molar-refractivity contribution in [2.75, 3.05) is 0 Å². The van der Waals surface area contributed by atoms with Crippen molar-refractivity contribution in [1.29, 1.82) is 0 Å². The fourth-order valence-corrected chi connectivity index (χ4v) is 1.54. The summed E-state index contributed by atoms with van der Waals surface area (Å²) < 4.78 is 9.58. The molecule has 0 aliphatic rings. The summed E-state index contributed by atoms with van der Waals surface area (Å²) in [7, 11) is 0. The van der Waals surface area contributed by atoms with E-state index in [-0.39, 0.29) is 11.1 Å². The number of rotatable bonds is 3. The van der Waals surface area contributed by atoms with Gasteiger partial charge in [-0.25, -0.2) is 9.59 Å². The average Bonchev–Trinajstić information content (AvgIpc) is 2.48. The molecule has 0 aromatic heterocycles. The van der Waals surface area contributed by atoms with Gasteiger partial charge in [0.25, 0.3) is 0 Å². The van der Waals surface area contributed by atoms with Gasteiger partial charge in [-0.15, -0.1) is 0 Å². The Morgan fingerprint density at radius 2 is 1.55 bits per heavy atom. The minimum absolute atomic E-state index is 0.186. The standard InChI is InChI=1S/C16H10O4/c1-2-19-15(17)12-7-6-8-13(11-12)16(18)20-14-9-4-3-5-10-14/h1,3-11H. The van der Waals surface area contributed by atoms with Crippen LogP contribution in [0.4, 0.5) is 0 Å². The highest BCUT2D eigenvalue weighted by atomic mass is 16.5. The molecule has 0 N–H and O–H groups in total. The maximum absolute atomic E-state index is 11.9. The van der Waals surface area contributed by atoms with Crippen molar-refractivity contribution >= 4 is 11.9 Å². The van der Waals surface area contributed by atoms with Gasteiger partial charge < -0.3 is 9.47 Å². The van der Waals surface area contributed by atoms with Crippen molar-refractivity contribution in [3.05, 3.63) is 65.7 Å². The zero-order valence-electron chi connectivity index (χ0n) is 10.4. The predicted molar refractivity (Wildman–Crippen MR) is 72.1 cm³/mol. The van der Waals surface area contributed by atoms with Crippen LogP contribution in [-0.4, -0.2) is 11.9 Å². The number of esters is 2. The first-order valence-corrected chi connectivity index (χ1v) is 5.75. The lowest BCUT2D eigenvalue weighted by atomic mass is 10.1. The van der Waals surface area contributed by atoms with Crippen LogP contribution in [0.15, 0.2) is 54.6 Å². The second-order valence-corrected chi connectivity index (χ2v) is 3.79. The van der Waals surface area contributed by atoms with E-state index in [1.807, 2.05) is 6.07 Å². The van der Waals surface area contributed by atoms with Crippen LogP contribution in [0.25, 0.3) is 0 Å². The molecule has 0 unspecified atom stereocenters. The van der Waals surface area contributed by atoms with Crippen molar-refractivity contribution in [2.24, 2.45) is 0 Å². The van der Waals surface area contributed by atoms with E-state index in [9.17, 15) is 9.59 Å². The molecule has 98 valence electrons. The molecule has 0 aliphatic carbocycles. The van der Waals surface area contributed by atoms with Crippen LogP contribution in [0.2, 0.25) is 0 Å². The van der Waals surface area contributed by atoms with Gasteiger partial charge in [-0.3, -0.25) is 0 Å². The minimum atomic E-state index is -0.693. The smallest absolute Gasteiger partial charge is 0.352 e. The number of terminal acetylenes is 1. The SMILES string of the molecule is C#COC(=O)c1cccc(C(=O)Oc2ccccc2)c1. The minimum Gasteiger partial charge on any atom is -0.423 e. The van der Waals surface area contributed by atoms with Gasteiger partial charge in [-0.1, -0.05) is 30.7 Å². The summed E-state index contributed by atoms with van der Waals surface area (Å²) in [6.07, 6.45) is 6.67. The molecule has 0 heterocycles. The van der Waals surface area contributed by atoms with Gasteiger partial charge in [-0.2, -0.15) is 0 Å². The molecule has 4 nitrogen and oxygen atoms in total. The lowest BCUT2D eigenvalue weighted by Gasteiger charge is -2.05. The third-order valence-electron chi connectivity index (χ3n) is 2.44. The van der Waals surface area contributed by atoms with Crippen LogP contribution in [0.5, 0.6) is 5.75 Å². The van der Waals surface area contributed by atoms with E-state index >= 15 is 0 Å². The van der Waals surface area contributed by atoms with Gasteiger partial charge in [0.1, 0.15) is 11.9 Å². The largest absolute Gasteiger partial charge is 0.423 e. The van der Waals surface area contributed by atoms with E-state index in [4.69, 9.17) is 11.2 Å². The third-order valence-corrected chi connectivity index (χ3v) is 2.44. The van der Waals surface area contributed by atoms with Crippen molar-refractivity contribution in [3.63, 3.8) is 0 Å². The summed E-state index contributed by atoms with van der Waals surface area (Å²) in [6.45, 7) is 0. The molecule has 2 aromatic rings. The zero-order chi connectivity index (χ0) is 14.4. The average molecular weight is 266 g/mol. The van der Waals surface area contributed by atoms with E-state index in [0.717, 1.165) is 0 Å². The van der Waals surface area contributed by atoms with Crippen LogP contribution in [0.3, 0.4) is 0 Å². The molecular formula is C16H10O4. The molecule has 0 radical (unpaired) electrons. The summed E-state index contributed by atoms with van der Waals surface area (Å²) >= 11 is 0. The topological polar surface area (TPSA) is 52.6 Å². The number of ether oxygens (including phenoxy) is 2. The molecule has 2 rings (SSSR count). The predicted octanol–water partition coefficient (Wildman–Crippen LogP) is 2.65. The summed E-state index contributed by atoms with van der Waals surface area (Å²) in [4.78, 5) is 23.4. The molecule has 0 aliphatic heterocycles. The molecule has 0 spiro atoms. The second kappa shape index (κ2) is 6.21. The first kappa shape index (κ1) is 13.4. The van der Waals surface area contributed by atoms with Crippen LogP contribution in [0.1, 0.15) is 20.7 Å². The van der Waals surface area contributed by atoms with Gasteiger partial charge in [0.15, 0.2) is 0 Å². The van der Waals surface area contributed by atoms with Crippen molar-refractivity contribution in [1.82, 2.24) is 0 Å². The van der Waals surface area contributed by atoms with Crippen LogP contribution in [-0.2, 0) is 4.74 Å². The number of hydrogen-bond acceptors (Lipinski definition) is 4. The van der Waals surface area contributed by atoms with Gasteiger partial charge >= 0.3 is 11.9 Å². The van der Waals surface area contributed by atoms with E-state index in [0.29, 0.717) is 5.75 Å². The monoisotopic (exact) mass is 266 g/mol. The molecule has 0 saturated heterocycles. The Morgan fingerprint density at radius 1 is 0.900 bits per heavy atom. The second-order valence-electron chi connectivity index (χ2n) is 3.79. The Labute approximate surface area is 115 Å². The fourth-order valence-electron chi connectivity index (χ4n) is 1.54. The molecule has 0 atom stereocenters. The quantitative estimate of drug-likeness (QED) is 0.487. The van der Waals surface area contributed by atoms with E-state index in [2.05, 4.69) is 4.74 Å². The molecule has 2 aromatic carbocycles. The number of para-hydroxylation sites is 1. The van der Waals surface area contributed by atoms with Gasteiger partial charge in [0, 0.05) is 0 Å². The first-order valence-electron chi connectivity index (χ1n) is 5.75. The van der Waals surface area contributed by atoms with Crippen LogP contribution in [0, 0.1) is 12.5 Å². The van der Waals surface area contributed by atoms with Crippen molar-refractivity contribution < 1.29 is 19.1 Å². The highest BCUT2D eigenvalue weighted by Crippen LogP contribution is 2.13. The molecular weight excluding hydrogens is 256 g/mol. The van der Waals surface area contributed by atoms with E-state index in [1.165, 1.54) is 18.2 Å². The van der Waals surface area contributed by atoms with Crippen molar-refractivity contribution in [2.45, 2.75) is 0 Å². The Hall–Kier alpha value is -3.06. The Bertz CT molecular complexity index is 668. The number of carbonyl (C=O) groups is 2. The molecule has 0 saturated carbocycles. The number of benzene rings is 2. The fraction of sp³-hybridized carbons (Fsp3) is 0. The highest BCUT2D eigenvalue weighted by Gasteiger charge is 2.12. The van der Waals surface area contributed by atoms with E-state index < -0.39 is 11.9 Å². The molecule has 0 amide bonds. The number of hydrogen-bond donors (Lipinski definition) is 0. The van der Waals surface area contributed by atoms with Crippen molar-refractivity contribution in [3.8, 4) is 18.3 Å². The molecule has 4 heteroatoms. The molecule has 0 fully saturated rings. The zero-order valence-corrected chi connectivity index (χ0v) is 10.4. The maximum Gasteiger partial charge on any atom is 0.352 e. The summed E-state index contributed by atoms with van der Waals surface area (Å²) in [5.74, 6) is -0.831. The van der Waals surface area contributed by atoms with Crippen LogP contribution < -0.4 is 4.74 Å². The third kappa shape index (κ3) is 3.24. The Balaban J connectivity index is 2.17. The highest BCUT2D eigenvalue weighted by molar-refractivity contribution is 5.96. The van der Waals surface area contributed by atoms with Gasteiger partial charge in [-0.05, 0) is 30.3 Å². The lowest BCUT2D eigenvalue weighted by molar-refractivity contribution is 0.0691. The number of carbonyl (C=O) groups excluding carboxylic acids is 2. The normalized spacial score (nSPS) is 9.35. The van der Waals surface area contributed by atoms with E-state index in [1.54, 1.807) is 36.4 Å². The molecule has 20 heavy (non-hydrogen) atoms. The Kier molecular flexibility index (Phi) is 4.15. The summed E-state index contributed by atoms with van der Waals surface area (Å²) in [5.41, 5.74) is 0.422. The van der Waals surface area contributed by atoms with Gasteiger partial charge in [0.05, 0.1) is 11.1 Å². The first-order chi connectivity index (χ1) is 9.70. The van der Waals surface area contributed by atoms with Crippen LogP contribution >= 0.6 is 0 Å².